The lowest BCUT2D eigenvalue weighted by molar-refractivity contribution is 0.1000. The van der Waals surface area contributed by atoms with Gasteiger partial charge in [-0.3, -0.25) is 9.69 Å². The molecule has 1 aliphatic heterocycles. The molecule has 2 aromatic rings. The molecule has 0 unspecified atom stereocenters. The number of anilines is 1. The Kier molecular flexibility index (Phi) is 5.91. The Balaban J connectivity index is 1.26. The Labute approximate surface area is 167 Å². The van der Waals surface area contributed by atoms with Crippen LogP contribution in [0.15, 0.2) is 48.7 Å². The molecule has 4 rings (SSSR count). The van der Waals surface area contributed by atoms with E-state index in [1.165, 1.54) is 37.8 Å². The fourth-order valence-electron chi connectivity index (χ4n) is 4.75. The van der Waals surface area contributed by atoms with Crippen LogP contribution in [0.1, 0.15) is 47.5 Å². The van der Waals surface area contributed by atoms with Crippen molar-refractivity contribution >= 4 is 11.7 Å². The molecular formula is C23H30N4O. The first-order valence-electron chi connectivity index (χ1n) is 10.5. The highest BCUT2D eigenvalue weighted by Crippen LogP contribution is 2.36. The average molecular weight is 379 g/mol. The molecule has 0 bridgehead atoms. The Morgan fingerprint density at radius 2 is 1.68 bits per heavy atom. The molecule has 2 heterocycles. The molecule has 1 aromatic heterocycles. The quantitative estimate of drug-likeness (QED) is 0.867. The smallest absolute Gasteiger partial charge is 0.252 e. The van der Waals surface area contributed by atoms with Gasteiger partial charge in [-0.2, -0.15) is 0 Å². The van der Waals surface area contributed by atoms with E-state index in [0.29, 0.717) is 5.56 Å². The van der Waals surface area contributed by atoms with E-state index in [9.17, 15) is 4.79 Å². The number of pyridine rings is 1. The van der Waals surface area contributed by atoms with Gasteiger partial charge in [0.15, 0.2) is 0 Å². The summed E-state index contributed by atoms with van der Waals surface area (Å²) in [6, 6.07) is 14.5. The molecule has 28 heavy (non-hydrogen) atoms. The monoisotopic (exact) mass is 378 g/mol. The maximum atomic E-state index is 11.7. The molecule has 0 atom stereocenters. The zero-order valence-corrected chi connectivity index (χ0v) is 16.5. The molecule has 148 valence electrons. The molecule has 0 spiro atoms. The lowest BCUT2D eigenvalue weighted by atomic mass is 9.78. The van der Waals surface area contributed by atoms with E-state index in [1.54, 1.807) is 18.3 Å². The zero-order chi connectivity index (χ0) is 19.3. The number of piperazine rings is 1. The highest BCUT2D eigenvalue weighted by Gasteiger charge is 2.26. The number of primary amides is 1. The van der Waals surface area contributed by atoms with E-state index in [-0.39, 0.29) is 0 Å². The van der Waals surface area contributed by atoms with Gasteiger partial charge in [-0.1, -0.05) is 30.3 Å². The van der Waals surface area contributed by atoms with Crippen molar-refractivity contribution in [2.45, 2.75) is 31.6 Å². The van der Waals surface area contributed by atoms with Crippen LogP contribution in [0.25, 0.3) is 0 Å². The summed E-state index contributed by atoms with van der Waals surface area (Å²) in [6.07, 6.45) is 7.01. The van der Waals surface area contributed by atoms with E-state index in [1.807, 2.05) is 0 Å². The van der Waals surface area contributed by atoms with Crippen LogP contribution in [0.2, 0.25) is 0 Å². The third-order valence-corrected chi connectivity index (χ3v) is 6.36. The Morgan fingerprint density at radius 1 is 0.964 bits per heavy atom. The summed E-state index contributed by atoms with van der Waals surface area (Å²) >= 11 is 0. The molecule has 5 nitrogen and oxygen atoms in total. The van der Waals surface area contributed by atoms with Crippen molar-refractivity contribution in [3.63, 3.8) is 0 Å². The van der Waals surface area contributed by atoms with Gasteiger partial charge in [0.1, 0.15) is 5.82 Å². The van der Waals surface area contributed by atoms with Crippen molar-refractivity contribution in [2.75, 3.05) is 37.6 Å². The van der Waals surface area contributed by atoms with E-state index in [4.69, 9.17) is 5.73 Å². The van der Waals surface area contributed by atoms with Gasteiger partial charge >= 0.3 is 0 Å². The van der Waals surface area contributed by atoms with Crippen molar-refractivity contribution in [1.29, 1.82) is 0 Å². The number of nitrogens with zero attached hydrogens (tertiary/aromatic N) is 3. The number of amides is 1. The Morgan fingerprint density at radius 3 is 2.36 bits per heavy atom. The van der Waals surface area contributed by atoms with Gasteiger partial charge in [0.25, 0.3) is 5.91 Å². The van der Waals surface area contributed by atoms with Gasteiger partial charge in [-0.15, -0.1) is 0 Å². The van der Waals surface area contributed by atoms with Gasteiger partial charge in [0.2, 0.25) is 0 Å². The van der Waals surface area contributed by atoms with Crippen LogP contribution in [0.3, 0.4) is 0 Å². The normalized spacial score (nSPS) is 23.5. The highest BCUT2D eigenvalue weighted by molar-refractivity contribution is 5.97. The number of benzene rings is 1. The van der Waals surface area contributed by atoms with Gasteiger partial charge in [0, 0.05) is 38.9 Å². The number of nitrogens with two attached hydrogens (primary N) is 1. The van der Waals surface area contributed by atoms with Crippen LogP contribution in [-0.2, 0) is 0 Å². The molecule has 1 aliphatic carbocycles. The van der Waals surface area contributed by atoms with Gasteiger partial charge in [-0.25, -0.2) is 4.98 Å². The standard InChI is InChI=1S/C23H30N4O/c24-22(28)21-7-4-12-25-23(21)27-15-13-26(14-16-27)17-18-8-10-20(11-9-18)19-5-2-1-3-6-19/h1-7,12,18,20H,8-11,13-17H2,(H2,24,28). The summed E-state index contributed by atoms with van der Waals surface area (Å²) in [5.41, 5.74) is 7.54. The first-order chi connectivity index (χ1) is 13.7. The summed E-state index contributed by atoms with van der Waals surface area (Å²) in [5, 5.41) is 0. The fourth-order valence-corrected chi connectivity index (χ4v) is 4.75. The number of carbonyl (C=O) groups is 1. The molecule has 1 amide bonds. The second-order valence-electron chi connectivity index (χ2n) is 8.15. The van der Waals surface area contributed by atoms with Crippen LogP contribution in [-0.4, -0.2) is 48.5 Å². The van der Waals surface area contributed by atoms with Crippen LogP contribution < -0.4 is 10.6 Å². The van der Waals surface area contributed by atoms with Crippen LogP contribution in [0.4, 0.5) is 5.82 Å². The maximum Gasteiger partial charge on any atom is 0.252 e. The lowest BCUT2D eigenvalue weighted by Gasteiger charge is -2.39. The second-order valence-corrected chi connectivity index (χ2v) is 8.15. The Bertz CT molecular complexity index is 778. The first-order valence-corrected chi connectivity index (χ1v) is 10.5. The van der Waals surface area contributed by atoms with Crippen molar-refractivity contribution in [3.8, 4) is 0 Å². The van der Waals surface area contributed by atoms with Crippen molar-refractivity contribution in [3.05, 3.63) is 59.8 Å². The van der Waals surface area contributed by atoms with Crippen LogP contribution in [0.5, 0.6) is 0 Å². The van der Waals surface area contributed by atoms with E-state index < -0.39 is 5.91 Å². The highest BCUT2D eigenvalue weighted by atomic mass is 16.1. The number of hydrogen-bond donors (Lipinski definition) is 1. The molecule has 0 radical (unpaired) electrons. The van der Waals surface area contributed by atoms with E-state index in [2.05, 4.69) is 45.1 Å². The number of aromatic nitrogens is 1. The lowest BCUT2D eigenvalue weighted by Crippen LogP contribution is -2.48. The molecule has 1 aromatic carbocycles. The summed E-state index contributed by atoms with van der Waals surface area (Å²) in [4.78, 5) is 20.9. The third-order valence-electron chi connectivity index (χ3n) is 6.36. The maximum absolute atomic E-state index is 11.7. The Hall–Kier alpha value is -2.40. The minimum Gasteiger partial charge on any atom is -0.365 e. The van der Waals surface area contributed by atoms with E-state index >= 15 is 0 Å². The van der Waals surface area contributed by atoms with Gasteiger partial charge in [0.05, 0.1) is 5.56 Å². The van der Waals surface area contributed by atoms with Gasteiger partial charge in [-0.05, 0) is 55.2 Å². The number of hydrogen-bond acceptors (Lipinski definition) is 4. The summed E-state index contributed by atoms with van der Waals surface area (Å²) in [5.74, 6) is 1.88. The summed E-state index contributed by atoms with van der Waals surface area (Å²) < 4.78 is 0. The second kappa shape index (κ2) is 8.74. The van der Waals surface area contributed by atoms with Crippen LogP contribution in [0, 0.1) is 5.92 Å². The first kappa shape index (κ1) is 18.9. The molecule has 5 heteroatoms. The summed E-state index contributed by atoms with van der Waals surface area (Å²) in [7, 11) is 0. The predicted molar refractivity (Wildman–Crippen MR) is 113 cm³/mol. The molecular weight excluding hydrogens is 348 g/mol. The van der Waals surface area contributed by atoms with Crippen molar-refractivity contribution < 1.29 is 4.79 Å². The topological polar surface area (TPSA) is 62.5 Å². The molecule has 2 N–H and O–H groups in total. The zero-order valence-electron chi connectivity index (χ0n) is 16.5. The SMILES string of the molecule is NC(=O)c1cccnc1N1CCN(CC2CCC(c3ccccc3)CC2)CC1. The third kappa shape index (κ3) is 4.36. The molecule has 1 saturated carbocycles. The van der Waals surface area contributed by atoms with E-state index in [0.717, 1.165) is 43.8 Å². The average Bonchev–Trinajstić information content (AvgIpc) is 2.75. The summed E-state index contributed by atoms with van der Waals surface area (Å²) in [6.45, 7) is 5.04. The minimum atomic E-state index is -0.402. The number of rotatable bonds is 5. The minimum absolute atomic E-state index is 0.402. The van der Waals surface area contributed by atoms with Crippen LogP contribution >= 0.6 is 0 Å². The fraction of sp³-hybridized carbons (Fsp3) is 0.478. The molecule has 2 aliphatic rings. The molecule has 2 fully saturated rings. The van der Waals surface area contributed by atoms with Crippen molar-refractivity contribution in [2.24, 2.45) is 11.7 Å². The molecule has 1 saturated heterocycles. The largest absolute Gasteiger partial charge is 0.365 e. The number of carbonyl (C=O) groups excluding carboxylic acids is 1. The van der Waals surface area contributed by atoms with Gasteiger partial charge < -0.3 is 10.6 Å². The van der Waals surface area contributed by atoms with Crippen molar-refractivity contribution in [1.82, 2.24) is 9.88 Å². The predicted octanol–water partition coefficient (Wildman–Crippen LogP) is 3.28.